The first-order valence-electron chi connectivity index (χ1n) is 9.17. The SMILES string of the molecule is Cc1nc2ccccn2c1C(=O)NCC1CCN(C(=O)c2ccoc2)CC1. The van der Waals surface area contributed by atoms with Gasteiger partial charge in [0.15, 0.2) is 0 Å². The van der Waals surface area contributed by atoms with Crippen molar-refractivity contribution in [3.05, 3.63) is 59.9 Å². The second-order valence-corrected chi connectivity index (χ2v) is 6.93. The number of amides is 2. The molecule has 4 rings (SSSR count). The van der Waals surface area contributed by atoms with E-state index in [1.54, 1.807) is 6.07 Å². The lowest BCUT2D eigenvalue weighted by molar-refractivity contribution is 0.0683. The largest absolute Gasteiger partial charge is 0.472 e. The molecular weight excluding hydrogens is 344 g/mol. The van der Waals surface area contributed by atoms with Crippen LogP contribution in [0.3, 0.4) is 0 Å². The third-order valence-electron chi connectivity index (χ3n) is 5.14. The number of likely N-dealkylation sites (tertiary alicyclic amines) is 1. The predicted octanol–water partition coefficient (Wildman–Crippen LogP) is 2.52. The summed E-state index contributed by atoms with van der Waals surface area (Å²) in [5.74, 6) is 0.262. The maximum atomic E-state index is 12.7. The number of pyridine rings is 1. The van der Waals surface area contributed by atoms with Gasteiger partial charge in [-0.15, -0.1) is 0 Å². The molecule has 2 amide bonds. The van der Waals surface area contributed by atoms with Crippen LogP contribution in [0.15, 0.2) is 47.4 Å². The Morgan fingerprint density at radius 3 is 2.81 bits per heavy atom. The molecule has 1 saturated heterocycles. The number of aromatic nitrogens is 2. The fraction of sp³-hybridized carbons (Fsp3) is 0.350. The predicted molar refractivity (Wildman–Crippen MR) is 99.6 cm³/mol. The highest BCUT2D eigenvalue weighted by atomic mass is 16.3. The van der Waals surface area contributed by atoms with E-state index in [-0.39, 0.29) is 11.8 Å². The zero-order valence-electron chi connectivity index (χ0n) is 15.2. The van der Waals surface area contributed by atoms with Gasteiger partial charge in [-0.1, -0.05) is 6.07 Å². The van der Waals surface area contributed by atoms with Crippen LogP contribution in [-0.4, -0.2) is 45.7 Å². The Morgan fingerprint density at radius 2 is 2.07 bits per heavy atom. The zero-order chi connectivity index (χ0) is 18.8. The molecule has 3 aromatic rings. The van der Waals surface area contributed by atoms with Crippen molar-refractivity contribution < 1.29 is 14.0 Å². The number of aryl methyl sites for hydroxylation is 1. The number of hydrogen-bond acceptors (Lipinski definition) is 4. The minimum Gasteiger partial charge on any atom is -0.472 e. The molecule has 0 bridgehead atoms. The summed E-state index contributed by atoms with van der Waals surface area (Å²) in [6.07, 6.45) is 6.58. The van der Waals surface area contributed by atoms with Gasteiger partial charge in [-0.05, 0) is 43.9 Å². The Morgan fingerprint density at radius 1 is 1.26 bits per heavy atom. The number of carbonyl (C=O) groups is 2. The fourth-order valence-corrected chi connectivity index (χ4v) is 3.62. The van der Waals surface area contributed by atoms with Gasteiger partial charge in [0.05, 0.1) is 17.5 Å². The second-order valence-electron chi connectivity index (χ2n) is 6.93. The summed E-state index contributed by atoms with van der Waals surface area (Å²) in [4.78, 5) is 31.3. The molecule has 0 aromatic carbocycles. The topological polar surface area (TPSA) is 79.9 Å². The highest BCUT2D eigenvalue weighted by Gasteiger charge is 2.25. The normalized spacial score (nSPS) is 15.2. The van der Waals surface area contributed by atoms with Crippen molar-refractivity contribution in [2.75, 3.05) is 19.6 Å². The Kier molecular flexibility index (Phi) is 4.66. The molecule has 1 fully saturated rings. The van der Waals surface area contributed by atoms with Crippen LogP contribution in [0.5, 0.6) is 0 Å². The van der Waals surface area contributed by atoms with Gasteiger partial charge in [0, 0.05) is 25.8 Å². The maximum absolute atomic E-state index is 12.7. The summed E-state index contributed by atoms with van der Waals surface area (Å²) in [6.45, 7) is 3.84. The van der Waals surface area contributed by atoms with E-state index >= 15 is 0 Å². The quantitative estimate of drug-likeness (QED) is 0.769. The summed E-state index contributed by atoms with van der Waals surface area (Å²) >= 11 is 0. The number of fused-ring (bicyclic) bond motifs is 1. The van der Waals surface area contributed by atoms with Crippen molar-refractivity contribution >= 4 is 17.5 Å². The summed E-state index contributed by atoms with van der Waals surface area (Å²) in [7, 11) is 0. The molecule has 0 aliphatic carbocycles. The molecule has 0 saturated carbocycles. The molecule has 7 nitrogen and oxygen atoms in total. The van der Waals surface area contributed by atoms with E-state index in [1.165, 1.54) is 12.5 Å². The summed E-state index contributed by atoms with van der Waals surface area (Å²) in [6, 6.07) is 7.36. The molecule has 27 heavy (non-hydrogen) atoms. The van der Waals surface area contributed by atoms with E-state index in [2.05, 4.69) is 10.3 Å². The number of hydrogen-bond donors (Lipinski definition) is 1. The van der Waals surface area contributed by atoms with Gasteiger partial charge in [0.2, 0.25) is 0 Å². The van der Waals surface area contributed by atoms with E-state index in [9.17, 15) is 9.59 Å². The molecule has 1 aliphatic heterocycles. The van der Waals surface area contributed by atoms with Crippen LogP contribution in [-0.2, 0) is 0 Å². The highest BCUT2D eigenvalue weighted by molar-refractivity contribution is 5.95. The Hall–Kier alpha value is -3.09. The smallest absolute Gasteiger partial charge is 0.270 e. The van der Waals surface area contributed by atoms with Crippen molar-refractivity contribution in [1.82, 2.24) is 19.6 Å². The first kappa shape index (κ1) is 17.3. The molecule has 7 heteroatoms. The Labute approximate surface area is 157 Å². The van der Waals surface area contributed by atoms with E-state index in [0.29, 0.717) is 36.8 Å². The molecule has 3 aromatic heterocycles. The van der Waals surface area contributed by atoms with Gasteiger partial charge in [0.25, 0.3) is 11.8 Å². The van der Waals surface area contributed by atoms with Crippen molar-refractivity contribution in [3.8, 4) is 0 Å². The van der Waals surface area contributed by atoms with Gasteiger partial charge < -0.3 is 14.6 Å². The molecular formula is C20H22N4O3. The number of carbonyl (C=O) groups excluding carboxylic acids is 2. The number of nitrogens with one attached hydrogen (secondary N) is 1. The van der Waals surface area contributed by atoms with E-state index in [4.69, 9.17) is 4.42 Å². The monoisotopic (exact) mass is 366 g/mol. The molecule has 4 heterocycles. The summed E-state index contributed by atoms with van der Waals surface area (Å²) in [5.41, 5.74) is 2.66. The number of piperidine rings is 1. The number of nitrogens with zero attached hydrogens (tertiary/aromatic N) is 3. The van der Waals surface area contributed by atoms with Crippen molar-refractivity contribution in [2.45, 2.75) is 19.8 Å². The lowest BCUT2D eigenvalue weighted by Crippen LogP contribution is -2.41. The van der Waals surface area contributed by atoms with Crippen molar-refractivity contribution in [3.63, 3.8) is 0 Å². The fourth-order valence-electron chi connectivity index (χ4n) is 3.62. The maximum Gasteiger partial charge on any atom is 0.270 e. The Balaban J connectivity index is 1.33. The standard InChI is InChI=1S/C20H22N4O3/c1-14-18(24-8-3-2-4-17(24)22-14)19(25)21-12-15-5-9-23(10-6-15)20(26)16-7-11-27-13-16/h2-4,7-8,11,13,15H,5-6,9-10,12H2,1H3,(H,21,25). The van der Waals surface area contributed by atoms with Crippen LogP contribution in [0.25, 0.3) is 5.65 Å². The Bertz CT molecular complexity index is 953. The summed E-state index contributed by atoms with van der Waals surface area (Å²) in [5, 5.41) is 3.04. The minimum atomic E-state index is -0.108. The average Bonchev–Trinajstić information content (AvgIpc) is 3.33. The van der Waals surface area contributed by atoms with E-state index < -0.39 is 0 Å². The molecule has 140 valence electrons. The number of furan rings is 1. The lowest BCUT2D eigenvalue weighted by Gasteiger charge is -2.31. The average molecular weight is 366 g/mol. The number of rotatable bonds is 4. The summed E-state index contributed by atoms with van der Waals surface area (Å²) < 4.78 is 6.80. The molecule has 0 atom stereocenters. The molecule has 0 spiro atoms. The van der Waals surface area contributed by atoms with Gasteiger partial charge >= 0.3 is 0 Å². The first-order valence-corrected chi connectivity index (χ1v) is 9.17. The highest BCUT2D eigenvalue weighted by Crippen LogP contribution is 2.19. The van der Waals surface area contributed by atoms with E-state index in [1.807, 2.05) is 40.6 Å². The van der Waals surface area contributed by atoms with Gasteiger partial charge in [0.1, 0.15) is 17.6 Å². The van der Waals surface area contributed by atoms with Crippen LogP contribution in [0.2, 0.25) is 0 Å². The van der Waals surface area contributed by atoms with Gasteiger partial charge in [-0.3, -0.25) is 14.0 Å². The molecule has 0 radical (unpaired) electrons. The molecule has 1 N–H and O–H groups in total. The van der Waals surface area contributed by atoms with Gasteiger partial charge in [-0.25, -0.2) is 4.98 Å². The second kappa shape index (κ2) is 7.26. The van der Waals surface area contributed by atoms with Crippen molar-refractivity contribution in [1.29, 1.82) is 0 Å². The minimum absolute atomic E-state index is 0.00703. The number of imidazole rings is 1. The van der Waals surface area contributed by atoms with Gasteiger partial charge in [-0.2, -0.15) is 0 Å². The lowest BCUT2D eigenvalue weighted by atomic mass is 9.96. The first-order chi connectivity index (χ1) is 13.1. The van der Waals surface area contributed by atoms with Crippen LogP contribution >= 0.6 is 0 Å². The third-order valence-corrected chi connectivity index (χ3v) is 5.14. The van der Waals surface area contributed by atoms with Crippen LogP contribution in [0.1, 0.15) is 39.4 Å². The zero-order valence-corrected chi connectivity index (χ0v) is 15.2. The molecule has 1 aliphatic rings. The van der Waals surface area contributed by atoms with Crippen LogP contribution in [0, 0.1) is 12.8 Å². The van der Waals surface area contributed by atoms with Crippen molar-refractivity contribution in [2.24, 2.45) is 5.92 Å². The van der Waals surface area contributed by atoms with Crippen LogP contribution in [0.4, 0.5) is 0 Å². The van der Waals surface area contributed by atoms with E-state index in [0.717, 1.165) is 24.2 Å². The van der Waals surface area contributed by atoms with Crippen LogP contribution < -0.4 is 5.32 Å². The third kappa shape index (κ3) is 3.45. The molecule has 0 unspecified atom stereocenters.